The lowest BCUT2D eigenvalue weighted by atomic mass is 10.1. The van der Waals surface area contributed by atoms with Gasteiger partial charge in [0.15, 0.2) is 0 Å². The molecule has 4 heteroatoms. The van der Waals surface area contributed by atoms with Crippen LogP contribution in [-0.4, -0.2) is 15.5 Å². The van der Waals surface area contributed by atoms with Gasteiger partial charge in [-0.05, 0) is 31.5 Å². The van der Waals surface area contributed by atoms with Crippen molar-refractivity contribution in [2.75, 3.05) is 5.75 Å². The molecule has 0 radical (unpaired) electrons. The second-order valence-electron chi connectivity index (χ2n) is 4.34. The van der Waals surface area contributed by atoms with Crippen molar-refractivity contribution in [2.24, 2.45) is 5.73 Å². The smallest absolute Gasteiger partial charge is 0.0486 e. The lowest BCUT2D eigenvalue weighted by molar-refractivity contribution is 0.577. The Morgan fingerprint density at radius 1 is 1.33 bits per heavy atom. The molecule has 1 rings (SSSR count). The van der Waals surface area contributed by atoms with Gasteiger partial charge in [-0.25, -0.2) is 0 Å². The molecule has 2 nitrogen and oxygen atoms in total. The Labute approximate surface area is 98.3 Å². The quantitative estimate of drug-likeness (QED) is 0.885. The highest BCUT2D eigenvalue weighted by Gasteiger charge is 2.15. The molecule has 0 fully saturated rings. The van der Waals surface area contributed by atoms with Crippen molar-refractivity contribution in [3.8, 4) is 0 Å². The number of rotatable bonds is 4. The van der Waals surface area contributed by atoms with Gasteiger partial charge in [-0.15, -0.1) is 0 Å². The summed E-state index contributed by atoms with van der Waals surface area (Å²) in [5.74, 6) is 1.05. The van der Waals surface area contributed by atoms with Crippen molar-refractivity contribution in [3.63, 3.8) is 0 Å². The molecular formula is C11H16ClNOS. The Balaban J connectivity index is 2.55. The SMILES string of the molecule is CC(C)(N)CS(=O)Cc1ccc(Cl)cc1. The fourth-order valence-corrected chi connectivity index (χ4v) is 2.85. The first-order chi connectivity index (χ1) is 6.87. The van der Waals surface area contributed by atoms with Crippen LogP contribution in [0, 0.1) is 0 Å². The maximum Gasteiger partial charge on any atom is 0.0486 e. The molecule has 0 aromatic heterocycles. The zero-order chi connectivity index (χ0) is 11.5. The predicted octanol–water partition coefficient (Wildman–Crippen LogP) is 2.33. The number of hydrogen-bond acceptors (Lipinski definition) is 2. The molecule has 0 spiro atoms. The minimum atomic E-state index is -0.915. The predicted molar refractivity (Wildman–Crippen MR) is 66.4 cm³/mol. The highest BCUT2D eigenvalue weighted by Crippen LogP contribution is 2.12. The van der Waals surface area contributed by atoms with Gasteiger partial charge in [-0.1, -0.05) is 23.7 Å². The van der Waals surface area contributed by atoms with E-state index >= 15 is 0 Å². The third-order valence-electron chi connectivity index (χ3n) is 1.77. The van der Waals surface area contributed by atoms with Crippen LogP contribution in [0.3, 0.4) is 0 Å². The number of hydrogen-bond donors (Lipinski definition) is 1. The highest BCUT2D eigenvalue weighted by atomic mass is 35.5. The second-order valence-corrected chi connectivity index (χ2v) is 6.24. The van der Waals surface area contributed by atoms with Crippen molar-refractivity contribution >= 4 is 22.4 Å². The molecule has 1 aromatic carbocycles. The fourth-order valence-electron chi connectivity index (χ4n) is 1.23. The molecule has 1 atom stereocenters. The Morgan fingerprint density at radius 3 is 2.33 bits per heavy atom. The Morgan fingerprint density at radius 2 is 1.87 bits per heavy atom. The lowest BCUT2D eigenvalue weighted by Crippen LogP contribution is -2.38. The van der Waals surface area contributed by atoms with Gasteiger partial charge in [0.2, 0.25) is 0 Å². The van der Waals surface area contributed by atoms with E-state index in [1.807, 2.05) is 38.1 Å². The van der Waals surface area contributed by atoms with Gasteiger partial charge in [-0.3, -0.25) is 4.21 Å². The van der Waals surface area contributed by atoms with Crippen LogP contribution >= 0.6 is 11.6 Å². The van der Waals surface area contributed by atoms with Crippen molar-refractivity contribution in [3.05, 3.63) is 34.9 Å². The molecule has 15 heavy (non-hydrogen) atoms. The van der Waals surface area contributed by atoms with Crippen LogP contribution in [0.25, 0.3) is 0 Å². The molecule has 1 aromatic rings. The minimum Gasteiger partial charge on any atom is -0.325 e. The van der Waals surface area contributed by atoms with Crippen LogP contribution in [0.4, 0.5) is 0 Å². The van der Waals surface area contributed by atoms with Crippen LogP contribution in [-0.2, 0) is 16.6 Å². The van der Waals surface area contributed by atoms with Crippen LogP contribution in [0.5, 0.6) is 0 Å². The number of halogens is 1. The summed E-state index contributed by atoms with van der Waals surface area (Å²) in [5, 5.41) is 0.698. The van der Waals surface area contributed by atoms with Crippen molar-refractivity contribution < 1.29 is 4.21 Å². The van der Waals surface area contributed by atoms with E-state index in [4.69, 9.17) is 17.3 Å². The van der Waals surface area contributed by atoms with Gasteiger partial charge in [0.1, 0.15) is 0 Å². The third-order valence-corrected chi connectivity index (χ3v) is 3.75. The topological polar surface area (TPSA) is 43.1 Å². The fraction of sp³-hybridized carbons (Fsp3) is 0.455. The zero-order valence-corrected chi connectivity index (χ0v) is 10.6. The molecule has 0 heterocycles. The van der Waals surface area contributed by atoms with Crippen LogP contribution in [0.1, 0.15) is 19.4 Å². The molecule has 0 saturated heterocycles. The Hall–Kier alpha value is -0.380. The van der Waals surface area contributed by atoms with Gasteiger partial charge >= 0.3 is 0 Å². The first-order valence-corrected chi connectivity index (χ1v) is 6.62. The van der Waals surface area contributed by atoms with E-state index in [1.54, 1.807) is 0 Å². The summed E-state index contributed by atoms with van der Waals surface area (Å²) in [6, 6.07) is 7.40. The molecule has 0 saturated carbocycles. The van der Waals surface area contributed by atoms with E-state index in [0.29, 0.717) is 16.5 Å². The summed E-state index contributed by atoms with van der Waals surface area (Å²) in [7, 11) is -0.915. The van der Waals surface area contributed by atoms with Crippen molar-refractivity contribution in [1.82, 2.24) is 0 Å². The van der Waals surface area contributed by atoms with Crippen molar-refractivity contribution in [1.29, 1.82) is 0 Å². The van der Waals surface area contributed by atoms with Gasteiger partial charge in [0, 0.05) is 32.9 Å². The average Bonchev–Trinajstić information content (AvgIpc) is 2.05. The van der Waals surface area contributed by atoms with E-state index in [9.17, 15) is 4.21 Å². The maximum atomic E-state index is 11.7. The van der Waals surface area contributed by atoms with Crippen LogP contribution in [0.2, 0.25) is 5.02 Å². The standard InChI is InChI=1S/C11H16ClNOS/c1-11(2,13)8-15(14)7-9-3-5-10(12)6-4-9/h3-6H,7-8,13H2,1-2H3. The molecule has 0 aliphatic carbocycles. The monoisotopic (exact) mass is 245 g/mol. The molecule has 84 valence electrons. The summed E-state index contributed by atoms with van der Waals surface area (Å²) >= 11 is 5.76. The van der Waals surface area contributed by atoms with Gasteiger partial charge < -0.3 is 5.73 Å². The van der Waals surface area contributed by atoms with Crippen molar-refractivity contribution in [2.45, 2.75) is 25.1 Å². The molecular weight excluding hydrogens is 230 g/mol. The van der Waals surface area contributed by atoms with E-state index < -0.39 is 10.8 Å². The molecule has 0 amide bonds. The summed E-state index contributed by atoms with van der Waals surface area (Å²) in [6.45, 7) is 3.76. The van der Waals surface area contributed by atoms with E-state index in [0.717, 1.165) is 5.56 Å². The molecule has 1 unspecified atom stereocenters. The summed E-state index contributed by atoms with van der Waals surface area (Å²) in [4.78, 5) is 0. The third kappa shape index (κ3) is 5.30. The van der Waals surface area contributed by atoms with E-state index in [1.165, 1.54) is 0 Å². The Kier molecular flexibility index (Phi) is 4.32. The van der Waals surface area contributed by atoms with E-state index in [2.05, 4.69) is 0 Å². The number of nitrogens with two attached hydrogens (primary N) is 1. The first kappa shape index (κ1) is 12.7. The zero-order valence-electron chi connectivity index (χ0n) is 9.00. The minimum absolute atomic E-state index is 0.378. The molecule has 2 N–H and O–H groups in total. The van der Waals surface area contributed by atoms with Gasteiger partial charge in [0.25, 0.3) is 0 Å². The maximum absolute atomic E-state index is 11.7. The molecule has 0 aliphatic heterocycles. The summed E-state index contributed by atoms with van der Waals surface area (Å²) in [5.41, 5.74) is 6.45. The Bertz CT molecular complexity index is 343. The lowest BCUT2D eigenvalue weighted by Gasteiger charge is -2.17. The van der Waals surface area contributed by atoms with Crippen LogP contribution < -0.4 is 5.73 Å². The molecule has 0 bridgehead atoms. The first-order valence-electron chi connectivity index (χ1n) is 4.75. The second kappa shape index (κ2) is 5.10. The largest absolute Gasteiger partial charge is 0.325 e. The number of benzene rings is 1. The summed E-state index contributed by atoms with van der Waals surface area (Å²) in [6.07, 6.45) is 0. The van der Waals surface area contributed by atoms with Gasteiger partial charge in [-0.2, -0.15) is 0 Å². The summed E-state index contributed by atoms with van der Waals surface area (Å²) < 4.78 is 11.7. The van der Waals surface area contributed by atoms with Gasteiger partial charge in [0.05, 0.1) is 0 Å². The van der Waals surface area contributed by atoms with Crippen LogP contribution in [0.15, 0.2) is 24.3 Å². The normalized spacial score (nSPS) is 13.9. The average molecular weight is 246 g/mol. The highest BCUT2D eigenvalue weighted by molar-refractivity contribution is 7.84. The van der Waals surface area contributed by atoms with E-state index in [-0.39, 0.29) is 5.54 Å². The molecule has 0 aliphatic rings.